The van der Waals surface area contributed by atoms with E-state index in [0.29, 0.717) is 6.54 Å². The number of fused-ring (bicyclic) bond motifs is 1. The van der Waals surface area contributed by atoms with Crippen LogP contribution in [0.1, 0.15) is 5.56 Å². The molecule has 2 nitrogen and oxygen atoms in total. The maximum Gasteiger partial charge on any atom is 0.0458 e. The highest BCUT2D eigenvalue weighted by atomic mass is 35.5. The second-order valence-electron chi connectivity index (χ2n) is 2.71. The van der Waals surface area contributed by atoms with Crippen LogP contribution in [-0.4, -0.2) is 4.98 Å². The molecule has 0 bridgehead atoms. The van der Waals surface area contributed by atoms with Gasteiger partial charge in [0.2, 0.25) is 0 Å². The minimum absolute atomic E-state index is 0. The van der Waals surface area contributed by atoms with Crippen LogP contribution in [-0.2, 0) is 6.54 Å². The molecule has 0 fully saturated rings. The van der Waals surface area contributed by atoms with Crippen LogP contribution in [0.25, 0.3) is 10.9 Å². The summed E-state index contributed by atoms with van der Waals surface area (Å²) in [5.74, 6) is 0. The Labute approximate surface area is 99.6 Å². The van der Waals surface area contributed by atoms with Crippen LogP contribution >= 0.6 is 36.4 Å². The summed E-state index contributed by atoms with van der Waals surface area (Å²) in [6, 6.07) is 5.74. The number of aromatic amines is 1. The second-order valence-corrected chi connectivity index (χ2v) is 3.14. The van der Waals surface area contributed by atoms with Crippen LogP contribution in [0.15, 0.2) is 24.4 Å². The highest BCUT2D eigenvalue weighted by Crippen LogP contribution is 2.21. The van der Waals surface area contributed by atoms with E-state index < -0.39 is 0 Å². The Kier molecular flexibility index (Phi) is 5.31. The van der Waals surface area contributed by atoms with Gasteiger partial charge in [-0.15, -0.1) is 24.8 Å². The predicted octanol–water partition coefficient (Wildman–Crippen LogP) is 3.12. The van der Waals surface area contributed by atoms with E-state index in [-0.39, 0.29) is 24.8 Å². The monoisotopic (exact) mass is 252 g/mol. The van der Waals surface area contributed by atoms with Gasteiger partial charge in [0, 0.05) is 28.7 Å². The first-order valence-electron chi connectivity index (χ1n) is 3.77. The second kappa shape index (κ2) is 5.47. The van der Waals surface area contributed by atoms with Crippen LogP contribution in [0.4, 0.5) is 0 Å². The van der Waals surface area contributed by atoms with E-state index in [0.717, 1.165) is 21.5 Å². The summed E-state index contributed by atoms with van der Waals surface area (Å²) in [5, 5.41) is 1.86. The molecule has 0 amide bonds. The highest BCUT2D eigenvalue weighted by Gasteiger charge is 2.01. The van der Waals surface area contributed by atoms with Crippen LogP contribution in [0.2, 0.25) is 5.02 Å². The minimum Gasteiger partial charge on any atom is -0.361 e. The molecule has 2 aromatic rings. The third-order valence-corrected chi connectivity index (χ3v) is 2.18. The number of nitrogens with two attached hydrogens (primary N) is 1. The Morgan fingerprint density at radius 3 is 2.64 bits per heavy atom. The van der Waals surface area contributed by atoms with Crippen LogP contribution in [0.5, 0.6) is 0 Å². The lowest BCUT2D eigenvalue weighted by atomic mass is 10.2. The first-order valence-corrected chi connectivity index (χ1v) is 4.14. The van der Waals surface area contributed by atoms with Gasteiger partial charge >= 0.3 is 0 Å². The molecular weight excluding hydrogens is 242 g/mol. The van der Waals surface area contributed by atoms with E-state index >= 15 is 0 Å². The van der Waals surface area contributed by atoms with Gasteiger partial charge in [0.1, 0.15) is 0 Å². The van der Waals surface area contributed by atoms with E-state index in [1.54, 1.807) is 0 Å². The summed E-state index contributed by atoms with van der Waals surface area (Å²) >= 11 is 5.85. The van der Waals surface area contributed by atoms with Gasteiger partial charge in [-0.1, -0.05) is 11.6 Å². The molecule has 0 aliphatic heterocycles. The van der Waals surface area contributed by atoms with Crippen molar-refractivity contribution in [1.29, 1.82) is 0 Å². The van der Waals surface area contributed by atoms with Gasteiger partial charge in [-0.05, 0) is 23.8 Å². The zero-order chi connectivity index (χ0) is 8.55. The Morgan fingerprint density at radius 1 is 1.29 bits per heavy atom. The van der Waals surface area contributed by atoms with Crippen molar-refractivity contribution in [3.05, 3.63) is 35.0 Å². The molecule has 0 atom stereocenters. The lowest BCUT2D eigenvalue weighted by Gasteiger charge is -1.93. The third-order valence-electron chi connectivity index (χ3n) is 1.95. The summed E-state index contributed by atoms with van der Waals surface area (Å²) in [4.78, 5) is 3.13. The first-order chi connectivity index (χ1) is 5.81. The van der Waals surface area contributed by atoms with Crippen LogP contribution < -0.4 is 5.73 Å². The lowest BCUT2D eigenvalue weighted by molar-refractivity contribution is 1.08. The maximum atomic E-state index is 5.85. The van der Waals surface area contributed by atoms with E-state index in [1.807, 2.05) is 24.4 Å². The van der Waals surface area contributed by atoms with E-state index in [1.165, 1.54) is 0 Å². The van der Waals surface area contributed by atoms with Crippen molar-refractivity contribution in [2.75, 3.05) is 0 Å². The van der Waals surface area contributed by atoms with Crippen molar-refractivity contribution in [1.82, 2.24) is 4.98 Å². The van der Waals surface area contributed by atoms with Crippen molar-refractivity contribution in [2.24, 2.45) is 5.73 Å². The summed E-state index contributed by atoms with van der Waals surface area (Å²) in [6.45, 7) is 0.542. The van der Waals surface area contributed by atoms with E-state index in [4.69, 9.17) is 17.3 Å². The van der Waals surface area contributed by atoms with Gasteiger partial charge in [-0.2, -0.15) is 0 Å². The fourth-order valence-corrected chi connectivity index (χ4v) is 1.49. The molecule has 0 aliphatic carbocycles. The molecule has 1 aromatic heterocycles. The zero-order valence-electron chi connectivity index (χ0n) is 7.29. The number of rotatable bonds is 1. The zero-order valence-corrected chi connectivity index (χ0v) is 9.68. The number of aromatic nitrogens is 1. The summed E-state index contributed by atoms with van der Waals surface area (Å²) in [5.41, 5.74) is 7.73. The van der Waals surface area contributed by atoms with E-state index in [9.17, 15) is 0 Å². The average molecular weight is 254 g/mol. The molecule has 2 rings (SSSR count). The Hall–Kier alpha value is -0.410. The smallest absolute Gasteiger partial charge is 0.0458 e. The Balaban J connectivity index is 0.000000845. The molecule has 0 unspecified atom stereocenters. The third kappa shape index (κ3) is 2.34. The van der Waals surface area contributed by atoms with Crippen LogP contribution in [0, 0.1) is 0 Å². The Bertz CT molecular complexity index is 411. The largest absolute Gasteiger partial charge is 0.361 e. The number of hydrogen-bond donors (Lipinski definition) is 2. The van der Waals surface area contributed by atoms with E-state index in [2.05, 4.69) is 4.98 Å². The molecule has 14 heavy (non-hydrogen) atoms. The van der Waals surface area contributed by atoms with Gasteiger partial charge in [-0.3, -0.25) is 0 Å². The molecule has 0 saturated heterocycles. The number of benzene rings is 1. The molecule has 1 heterocycles. The number of nitrogens with one attached hydrogen (secondary N) is 1. The molecule has 5 heteroatoms. The van der Waals surface area contributed by atoms with Crippen molar-refractivity contribution in [3.8, 4) is 0 Å². The number of H-pyrrole nitrogens is 1. The molecule has 0 aliphatic rings. The van der Waals surface area contributed by atoms with Gasteiger partial charge in [0.05, 0.1) is 0 Å². The van der Waals surface area contributed by atoms with Gasteiger partial charge in [0.15, 0.2) is 0 Å². The topological polar surface area (TPSA) is 41.8 Å². The van der Waals surface area contributed by atoms with Gasteiger partial charge in [0.25, 0.3) is 0 Å². The fraction of sp³-hybridized carbons (Fsp3) is 0.111. The summed E-state index contributed by atoms with van der Waals surface area (Å²) in [7, 11) is 0. The maximum absolute atomic E-state index is 5.85. The summed E-state index contributed by atoms with van der Waals surface area (Å²) < 4.78 is 0. The minimum atomic E-state index is 0. The van der Waals surface area contributed by atoms with Crippen molar-refractivity contribution in [2.45, 2.75) is 6.54 Å². The molecule has 3 N–H and O–H groups in total. The number of halogens is 3. The van der Waals surface area contributed by atoms with Gasteiger partial charge < -0.3 is 10.7 Å². The molecule has 0 radical (unpaired) electrons. The predicted molar refractivity (Wildman–Crippen MR) is 65.7 cm³/mol. The highest BCUT2D eigenvalue weighted by molar-refractivity contribution is 6.31. The molecule has 78 valence electrons. The number of hydrogen-bond acceptors (Lipinski definition) is 1. The van der Waals surface area contributed by atoms with Crippen molar-refractivity contribution in [3.63, 3.8) is 0 Å². The first kappa shape index (κ1) is 13.6. The van der Waals surface area contributed by atoms with Crippen molar-refractivity contribution < 1.29 is 0 Å². The van der Waals surface area contributed by atoms with Crippen LogP contribution in [0.3, 0.4) is 0 Å². The molecular formula is C9H11Cl3N2. The van der Waals surface area contributed by atoms with Crippen molar-refractivity contribution >= 4 is 47.3 Å². The van der Waals surface area contributed by atoms with Gasteiger partial charge in [-0.25, -0.2) is 0 Å². The quantitative estimate of drug-likeness (QED) is 0.805. The SMILES string of the molecule is Cl.Cl.NCc1c[nH]c2ccc(Cl)cc12. The fourth-order valence-electron chi connectivity index (χ4n) is 1.32. The standard InChI is InChI=1S/C9H9ClN2.2ClH/c10-7-1-2-9-8(3-7)6(4-11)5-12-9;;/h1-3,5,12H,4,11H2;2*1H. The summed E-state index contributed by atoms with van der Waals surface area (Å²) in [6.07, 6.45) is 1.92. The Morgan fingerprint density at radius 2 is 2.00 bits per heavy atom. The molecule has 0 spiro atoms. The molecule has 0 saturated carbocycles. The average Bonchev–Trinajstić information content (AvgIpc) is 2.46. The molecule has 1 aromatic carbocycles. The normalized spacial score (nSPS) is 9.29. The lowest BCUT2D eigenvalue weighted by Crippen LogP contribution is -1.93.